The average Bonchev–Trinajstić information content (AvgIpc) is 2.63. The lowest BCUT2D eigenvalue weighted by Gasteiger charge is -2.11. The molecule has 1 unspecified atom stereocenters. The van der Waals surface area contributed by atoms with Crippen molar-refractivity contribution in [3.63, 3.8) is 0 Å². The van der Waals surface area contributed by atoms with Crippen molar-refractivity contribution in [1.82, 2.24) is 9.78 Å². The molecule has 1 aromatic carbocycles. The minimum Gasteiger partial charge on any atom is -0.324 e. The monoisotopic (exact) mass is 253 g/mol. The summed E-state index contributed by atoms with van der Waals surface area (Å²) in [5.41, 5.74) is 7.42. The van der Waals surface area contributed by atoms with E-state index < -0.39 is 6.04 Å². The van der Waals surface area contributed by atoms with Gasteiger partial charge in [-0.15, -0.1) is 0 Å². The summed E-state index contributed by atoms with van der Waals surface area (Å²) in [6.07, 6.45) is 4.15. The first-order valence-corrected chi connectivity index (χ1v) is 5.62. The molecule has 2 N–H and O–H groups in total. The van der Waals surface area contributed by atoms with Crippen molar-refractivity contribution in [1.29, 1.82) is 0 Å². The van der Waals surface area contributed by atoms with Gasteiger partial charge in [-0.2, -0.15) is 5.10 Å². The van der Waals surface area contributed by atoms with Crippen molar-refractivity contribution >= 4 is 11.6 Å². The van der Waals surface area contributed by atoms with E-state index in [1.165, 1.54) is 6.07 Å². The molecule has 0 fully saturated rings. The summed E-state index contributed by atoms with van der Waals surface area (Å²) in [4.78, 5) is 0. The maximum Gasteiger partial charge on any atom is 0.129 e. The van der Waals surface area contributed by atoms with Gasteiger partial charge in [0.25, 0.3) is 0 Å². The van der Waals surface area contributed by atoms with Gasteiger partial charge in [0.15, 0.2) is 0 Å². The lowest BCUT2D eigenvalue weighted by Crippen LogP contribution is -2.14. The number of hydrogen-bond donors (Lipinski definition) is 1. The zero-order valence-corrected chi connectivity index (χ0v) is 10.2. The highest BCUT2D eigenvalue weighted by Crippen LogP contribution is 2.21. The van der Waals surface area contributed by atoms with Gasteiger partial charge in [-0.25, -0.2) is 4.39 Å². The molecule has 0 bridgehead atoms. The Hall–Kier alpha value is -1.39. The molecule has 0 spiro atoms. The van der Waals surface area contributed by atoms with Crippen LogP contribution in [0.15, 0.2) is 30.6 Å². The van der Waals surface area contributed by atoms with E-state index in [4.69, 9.17) is 17.3 Å². The van der Waals surface area contributed by atoms with Crippen LogP contribution < -0.4 is 5.73 Å². The topological polar surface area (TPSA) is 43.8 Å². The highest BCUT2D eigenvalue weighted by atomic mass is 35.5. The molecule has 3 nitrogen and oxygen atoms in total. The summed E-state index contributed by atoms with van der Waals surface area (Å²) in [7, 11) is 1.83. The van der Waals surface area contributed by atoms with Gasteiger partial charge in [0.2, 0.25) is 0 Å². The van der Waals surface area contributed by atoms with Crippen LogP contribution in [0.4, 0.5) is 4.39 Å². The molecular formula is C12H13ClFN3. The number of aryl methyl sites for hydroxylation is 1. The number of benzene rings is 1. The molecule has 0 saturated heterocycles. The Balaban J connectivity index is 2.17. The van der Waals surface area contributed by atoms with Crippen LogP contribution >= 0.6 is 11.6 Å². The van der Waals surface area contributed by atoms with Crippen molar-refractivity contribution in [2.24, 2.45) is 12.8 Å². The van der Waals surface area contributed by atoms with Crippen molar-refractivity contribution < 1.29 is 4.39 Å². The summed E-state index contributed by atoms with van der Waals surface area (Å²) < 4.78 is 15.3. The molecule has 90 valence electrons. The Morgan fingerprint density at radius 2 is 2.29 bits per heavy atom. The average molecular weight is 254 g/mol. The van der Waals surface area contributed by atoms with E-state index in [-0.39, 0.29) is 5.82 Å². The Morgan fingerprint density at radius 1 is 1.53 bits per heavy atom. The summed E-state index contributed by atoms with van der Waals surface area (Å²) >= 11 is 5.69. The lowest BCUT2D eigenvalue weighted by molar-refractivity contribution is 0.580. The molecule has 5 heteroatoms. The minimum absolute atomic E-state index is 0.367. The molecule has 0 aliphatic heterocycles. The maximum atomic E-state index is 13.6. The van der Waals surface area contributed by atoms with Gasteiger partial charge in [-0.3, -0.25) is 4.68 Å². The van der Waals surface area contributed by atoms with Gasteiger partial charge >= 0.3 is 0 Å². The first-order chi connectivity index (χ1) is 8.06. The van der Waals surface area contributed by atoms with Crippen molar-refractivity contribution in [3.8, 4) is 0 Å². The van der Waals surface area contributed by atoms with Crippen LogP contribution in [0.2, 0.25) is 5.02 Å². The highest BCUT2D eigenvalue weighted by molar-refractivity contribution is 6.30. The molecule has 1 aromatic heterocycles. The largest absolute Gasteiger partial charge is 0.324 e. The van der Waals surface area contributed by atoms with Gasteiger partial charge < -0.3 is 5.73 Å². The van der Waals surface area contributed by atoms with Crippen LogP contribution in [0.25, 0.3) is 0 Å². The molecule has 0 amide bonds. The first kappa shape index (κ1) is 12.1. The molecule has 1 heterocycles. The summed E-state index contributed by atoms with van der Waals surface area (Å²) in [6, 6.07) is 4.15. The Kier molecular flexibility index (Phi) is 3.45. The summed E-state index contributed by atoms with van der Waals surface area (Å²) in [5, 5.41) is 4.42. The first-order valence-electron chi connectivity index (χ1n) is 5.24. The second-order valence-corrected chi connectivity index (χ2v) is 4.44. The summed E-state index contributed by atoms with van der Waals surface area (Å²) in [5.74, 6) is -0.367. The second-order valence-electron chi connectivity index (χ2n) is 4.00. The molecule has 0 aliphatic rings. The van der Waals surface area contributed by atoms with Crippen LogP contribution in [0.1, 0.15) is 17.2 Å². The predicted octanol–water partition coefficient (Wildman–Crippen LogP) is 2.46. The third-order valence-electron chi connectivity index (χ3n) is 2.58. The van der Waals surface area contributed by atoms with E-state index >= 15 is 0 Å². The third-order valence-corrected chi connectivity index (χ3v) is 2.81. The standard InChI is InChI=1S/C12H13ClFN3/c1-17-7-8(6-16-17)4-12(15)10-3-2-9(13)5-11(10)14/h2-3,5-7,12H,4,15H2,1H3. The Bertz CT molecular complexity index is 524. The molecule has 0 saturated carbocycles. The lowest BCUT2D eigenvalue weighted by atomic mass is 10.0. The second kappa shape index (κ2) is 4.85. The zero-order valence-electron chi connectivity index (χ0n) is 9.40. The van der Waals surface area contributed by atoms with Gasteiger partial charge in [-0.1, -0.05) is 17.7 Å². The zero-order chi connectivity index (χ0) is 12.4. The molecule has 0 aliphatic carbocycles. The molecular weight excluding hydrogens is 241 g/mol. The molecule has 2 rings (SSSR count). The van der Waals surface area contributed by atoms with Crippen molar-refractivity contribution in [3.05, 3.63) is 52.6 Å². The van der Waals surface area contributed by atoms with Crippen molar-refractivity contribution in [2.45, 2.75) is 12.5 Å². The number of aromatic nitrogens is 2. The molecule has 17 heavy (non-hydrogen) atoms. The molecule has 1 atom stereocenters. The van der Waals surface area contributed by atoms with Gasteiger partial charge in [0, 0.05) is 29.9 Å². The van der Waals surface area contributed by atoms with E-state index in [1.807, 2.05) is 13.2 Å². The summed E-state index contributed by atoms with van der Waals surface area (Å²) in [6.45, 7) is 0. The number of nitrogens with zero attached hydrogens (tertiary/aromatic N) is 2. The van der Waals surface area contributed by atoms with E-state index in [9.17, 15) is 4.39 Å². The minimum atomic E-state index is -0.392. The van der Waals surface area contributed by atoms with Gasteiger partial charge in [-0.05, 0) is 24.1 Å². The van der Waals surface area contributed by atoms with Gasteiger partial charge in [0.05, 0.1) is 6.20 Å². The van der Waals surface area contributed by atoms with Gasteiger partial charge in [0.1, 0.15) is 5.82 Å². The smallest absolute Gasteiger partial charge is 0.129 e. The molecule has 2 aromatic rings. The normalized spacial score (nSPS) is 12.7. The van der Waals surface area contributed by atoms with Crippen LogP contribution in [0.5, 0.6) is 0 Å². The fourth-order valence-corrected chi connectivity index (χ4v) is 1.90. The van der Waals surface area contributed by atoms with Crippen LogP contribution in [-0.4, -0.2) is 9.78 Å². The number of halogens is 2. The maximum absolute atomic E-state index is 13.6. The van der Waals surface area contributed by atoms with Crippen LogP contribution in [0, 0.1) is 5.82 Å². The quantitative estimate of drug-likeness (QED) is 0.913. The fraction of sp³-hybridized carbons (Fsp3) is 0.250. The van der Waals surface area contributed by atoms with Crippen LogP contribution in [0.3, 0.4) is 0 Å². The van der Waals surface area contributed by atoms with E-state index in [0.717, 1.165) is 5.56 Å². The fourth-order valence-electron chi connectivity index (χ4n) is 1.74. The van der Waals surface area contributed by atoms with E-state index in [1.54, 1.807) is 23.0 Å². The highest BCUT2D eigenvalue weighted by Gasteiger charge is 2.13. The van der Waals surface area contributed by atoms with E-state index in [0.29, 0.717) is 17.0 Å². The predicted molar refractivity (Wildman–Crippen MR) is 65.3 cm³/mol. The number of hydrogen-bond acceptors (Lipinski definition) is 2. The SMILES string of the molecule is Cn1cc(CC(N)c2ccc(Cl)cc2F)cn1. The third kappa shape index (κ3) is 2.84. The van der Waals surface area contributed by atoms with Crippen molar-refractivity contribution in [2.75, 3.05) is 0 Å². The Labute approximate surface area is 104 Å². The van der Waals surface area contributed by atoms with Crippen LogP contribution in [-0.2, 0) is 13.5 Å². The Morgan fingerprint density at radius 3 is 2.88 bits per heavy atom. The number of rotatable bonds is 3. The van der Waals surface area contributed by atoms with E-state index in [2.05, 4.69) is 5.10 Å². The molecule has 0 radical (unpaired) electrons. The number of nitrogens with two attached hydrogens (primary N) is 1.